The molecule has 2 aromatic rings. The van der Waals surface area contributed by atoms with E-state index in [-0.39, 0.29) is 17.9 Å². The molecule has 2 aliphatic rings. The van der Waals surface area contributed by atoms with Crippen LogP contribution in [0.1, 0.15) is 57.1 Å². The molecule has 4 rings (SSSR count). The maximum atomic E-state index is 13.1. The molecule has 1 atom stereocenters. The Hall–Kier alpha value is -2.82. The van der Waals surface area contributed by atoms with E-state index in [1.54, 1.807) is 0 Å². The van der Waals surface area contributed by atoms with Gasteiger partial charge in [-0.05, 0) is 46.9 Å². The summed E-state index contributed by atoms with van der Waals surface area (Å²) in [5.41, 5.74) is 3.22. The third-order valence-corrected chi connectivity index (χ3v) is 6.27. The third kappa shape index (κ3) is 3.47. The van der Waals surface area contributed by atoms with Crippen LogP contribution in [-0.4, -0.2) is 40.8 Å². The predicted molar refractivity (Wildman–Crippen MR) is 115 cm³/mol. The standard InChI is InChI=1S/C25H29NO4/c1-24(2,3)16-25(22(27)28)13-8-14-26(25)23(29)30-15-21-19-11-6-4-9-17(19)18-10-5-7-12-20(18)21/h4-7,9-12,21H,8,13-16H2,1-3H3,(H,27,28)/t25-/m0/s1. The van der Waals surface area contributed by atoms with Gasteiger partial charge in [-0.25, -0.2) is 9.59 Å². The number of hydrogen-bond acceptors (Lipinski definition) is 3. The lowest BCUT2D eigenvalue weighted by Crippen LogP contribution is -2.55. The minimum Gasteiger partial charge on any atom is -0.479 e. The smallest absolute Gasteiger partial charge is 0.410 e. The zero-order chi connectivity index (χ0) is 21.5. The number of carbonyl (C=O) groups excluding carboxylic acids is 1. The van der Waals surface area contributed by atoms with E-state index in [1.165, 1.54) is 16.0 Å². The van der Waals surface area contributed by atoms with Crippen molar-refractivity contribution in [2.24, 2.45) is 5.41 Å². The number of carboxylic acids is 1. The van der Waals surface area contributed by atoms with Crippen LogP contribution in [0.15, 0.2) is 48.5 Å². The van der Waals surface area contributed by atoms with Crippen LogP contribution in [0.5, 0.6) is 0 Å². The van der Waals surface area contributed by atoms with E-state index in [2.05, 4.69) is 24.3 Å². The van der Waals surface area contributed by atoms with E-state index in [9.17, 15) is 14.7 Å². The third-order valence-electron chi connectivity index (χ3n) is 6.27. The van der Waals surface area contributed by atoms with E-state index >= 15 is 0 Å². The van der Waals surface area contributed by atoms with Crippen molar-refractivity contribution in [3.05, 3.63) is 59.7 Å². The Kier molecular flexibility index (Phi) is 5.08. The lowest BCUT2D eigenvalue weighted by molar-refractivity contribution is -0.150. The van der Waals surface area contributed by atoms with Gasteiger partial charge in [-0.1, -0.05) is 69.3 Å². The summed E-state index contributed by atoms with van der Waals surface area (Å²) in [5.74, 6) is -0.978. The fourth-order valence-electron chi connectivity index (χ4n) is 5.18. The number of benzene rings is 2. The number of fused-ring (bicyclic) bond motifs is 3. The lowest BCUT2D eigenvalue weighted by Gasteiger charge is -2.38. The van der Waals surface area contributed by atoms with Gasteiger partial charge in [0.1, 0.15) is 12.1 Å². The first kappa shape index (κ1) is 20.5. The molecule has 1 fully saturated rings. The topological polar surface area (TPSA) is 66.8 Å². The first-order chi connectivity index (χ1) is 14.2. The maximum Gasteiger partial charge on any atom is 0.410 e. The van der Waals surface area contributed by atoms with E-state index in [0.29, 0.717) is 25.8 Å². The van der Waals surface area contributed by atoms with Gasteiger partial charge >= 0.3 is 12.1 Å². The monoisotopic (exact) mass is 407 g/mol. The first-order valence-electron chi connectivity index (χ1n) is 10.6. The number of carbonyl (C=O) groups is 2. The van der Waals surface area contributed by atoms with Crippen molar-refractivity contribution in [3.8, 4) is 11.1 Å². The molecule has 5 heteroatoms. The molecule has 1 heterocycles. The summed E-state index contributed by atoms with van der Waals surface area (Å²) in [6.45, 7) is 6.64. The predicted octanol–water partition coefficient (Wildman–Crippen LogP) is 5.29. The molecule has 1 amide bonds. The molecule has 1 saturated heterocycles. The van der Waals surface area contributed by atoms with Gasteiger partial charge in [0.15, 0.2) is 0 Å². The average Bonchev–Trinajstić information content (AvgIpc) is 3.25. The normalized spacial score (nSPS) is 20.7. The van der Waals surface area contributed by atoms with Crippen molar-refractivity contribution >= 4 is 12.1 Å². The fourth-order valence-corrected chi connectivity index (χ4v) is 5.18. The van der Waals surface area contributed by atoms with Crippen molar-refractivity contribution in [1.29, 1.82) is 0 Å². The second-order valence-electron chi connectivity index (χ2n) is 9.63. The largest absolute Gasteiger partial charge is 0.479 e. The van der Waals surface area contributed by atoms with Crippen LogP contribution in [0.3, 0.4) is 0 Å². The Labute approximate surface area is 177 Å². The van der Waals surface area contributed by atoms with Crippen LogP contribution >= 0.6 is 0 Å². The summed E-state index contributed by atoms with van der Waals surface area (Å²) in [6, 6.07) is 16.4. The van der Waals surface area contributed by atoms with Gasteiger partial charge in [-0.15, -0.1) is 0 Å². The molecule has 0 unspecified atom stereocenters. The fraction of sp³-hybridized carbons (Fsp3) is 0.440. The van der Waals surface area contributed by atoms with Gasteiger partial charge in [0.05, 0.1) is 0 Å². The summed E-state index contributed by atoms with van der Waals surface area (Å²) in [5, 5.41) is 10.0. The lowest BCUT2D eigenvalue weighted by atomic mass is 9.78. The summed E-state index contributed by atoms with van der Waals surface area (Å²) < 4.78 is 5.77. The molecule has 0 bridgehead atoms. The number of carboxylic acid groups (broad SMARTS) is 1. The molecular formula is C25H29NO4. The highest BCUT2D eigenvalue weighted by Crippen LogP contribution is 2.45. The van der Waals surface area contributed by atoms with Crippen LogP contribution in [0, 0.1) is 5.41 Å². The Morgan fingerprint density at radius 1 is 1.07 bits per heavy atom. The number of likely N-dealkylation sites (tertiary alicyclic amines) is 1. The van der Waals surface area contributed by atoms with Crippen LogP contribution in [-0.2, 0) is 9.53 Å². The highest BCUT2D eigenvalue weighted by atomic mass is 16.6. The average molecular weight is 408 g/mol. The molecule has 0 spiro atoms. The SMILES string of the molecule is CC(C)(C)C[C@]1(C(=O)O)CCCN1C(=O)OCC1c2ccccc2-c2ccccc21. The van der Waals surface area contributed by atoms with Gasteiger partial charge in [-0.2, -0.15) is 0 Å². The molecule has 0 saturated carbocycles. The molecule has 5 nitrogen and oxygen atoms in total. The summed E-state index contributed by atoms with van der Waals surface area (Å²) >= 11 is 0. The number of amides is 1. The zero-order valence-electron chi connectivity index (χ0n) is 17.9. The highest BCUT2D eigenvalue weighted by Gasteiger charge is 2.52. The molecule has 2 aromatic carbocycles. The minimum atomic E-state index is -1.19. The Morgan fingerprint density at radius 3 is 2.17 bits per heavy atom. The number of rotatable bonds is 4. The molecule has 1 aliphatic heterocycles. The number of aliphatic carboxylic acids is 1. The van der Waals surface area contributed by atoms with Crippen LogP contribution in [0.25, 0.3) is 11.1 Å². The Bertz CT molecular complexity index is 932. The number of hydrogen-bond donors (Lipinski definition) is 1. The van der Waals surface area contributed by atoms with Gasteiger partial charge in [0.2, 0.25) is 0 Å². The summed E-state index contributed by atoms with van der Waals surface area (Å²) in [4.78, 5) is 26.8. The van der Waals surface area contributed by atoms with Gasteiger partial charge in [0.25, 0.3) is 0 Å². The second kappa shape index (κ2) is 7.46. The van der Waals surface area contributed by atoms with Crippen LogP contribution in [0.2, 0.25) is 0 Å². The van der Waals surface area contributed by atoms with Crippen LogP contribution in [0.4, 0.5) is 4.79 Å². The molecule has 0 radical (unpaired) electrons. The van der Waals surface area contributed by atoms with E-state index in [4.69, 9.17) is 4.74 Å². The van der Waals surface area contributed by atoms with Crippen molar-refractivity contribution in [3.63, 3.8) is 0 Å². The van der Waals surface area contributed by atoms with Crippen molar-refractivity contribution < 1.29 is 19.4 Å². The Morgan fingerprint density at radius 2 is 1.63 bits per heavy atom. The molecule has 0 aromatic heterocycles. The molecule has 1 N–H and O–H groups in total. The van der Waals surface area contributed by atoms with Crippen molar-refractivity contribution in [2.45, 2.75) is 51.5 Å². The molecule has 158 valence electrons. The van der Waals surface area contributed by atoms with Gasteiger partial charge in [-0.3, -0.25) is 4.90 Å². The van der Waals surface area contributed by atoms with E-state index in [0.717, 1.165) is 11.1 Å². The first-order valence-corrected chi connectivity index (χ1v) is 10.6. The summed E-state index contributed by atoms with van der Waals surface area (Å²) in [7, 11) is 0. The zero-order valence-corrected chi connectivity index (χ0v) is 17.9. The molecule has 30 heavy (non-hydrogen) atoms. The van der Waals surface area contributed by atoms with Gasteiger partial charge in [0, 0.05) is 12.5 Å². The van der Waals surface area contributed by atoms with E-state index < -0.39 is 17.6 Å². The van der Waals surface area contributed by atoms with Crippen LogP contribution < -0.4 is 0 Å². The summed E-state index contributed by atoms with van der Waals surface area (Å²) in [6.07, 6.45) is 1.01. The molecular weight excluding hydrogens is 378 g/mol. The van der Waals surface area contributed by atoms with Crippen molar-refractivity contribution in [2.75, 3.05) is 13.2 Å². The minimum absolute atomic E-state index is 0.0363. The molecule has 1 aliphatic carbocycles. The number of nitrogens with zero attached hydrogens (tertiary/aromatic N) is 1. The maximum absolute atomic E-state index is 13.1. The van der Waals surface area contributed by atoms with Crippen molar-refractivity contribution in [1.82, 2.24) is 4.90 Å². The number of ether oxygens (including phenoxy) is 1. The Balaban J connectivity index is 1.56. The second-order valence-corrected chi connectivity index (χ2v) is 9.63. The highest BCUT2D eigenvalue weighted by molar-refractivity contribution is 5.85. The van der Waals surface area contributed by atoms with E-state index in [1.807, 2.05) is 45.0 Å². The quantitative estimate of drug-likeness (QED) is 0.748. The van der Waals surface area contributed by atoms with Gasteiger partial charge < -0.3 is 9.84 Å².